The van der Waals surface area contributed by atoms with Gasteiger partial charge in [0.2, 0.25) is 0 Å². The fourth-order valence-electron chi connectivity index (χ4n) is 7.06. The molecule has 2 atom stereocenters. The Labute approximate surface area is 297 Å². The van der Waals surface area contributed by atoms with Crippen molar-refractivity contribution in [3.8, 4) is 11.5 Å². The fourth-order valence-corrected chi connectivity index (χ4v) is 8.13. The summed E-state index contributed by atoms with van der Waals surface area (Å²) >= 11 is 0. The normalized spacial score (nSPS) is 17.3. The predicted octanol–water partition coefficient (Wildman–Crippen LogP) is 5.95. The first kappa shape index (κ1) is 33.3. The molecule has 4 aliphatic rings. The Morgan fingerprint density at radius 3 is 1.67 bits per heavy atom. The predicted molar refractivity (Wildman–Crippen MR) is 194 cm³/mol. The summed E-state index contributed by atoms with van der Waals surface area (Å²) in [4.78, 5) is 13.5. The maximum Gasteiger partial charge on any atom is 0.352 e. The van der Waals surface area contributed by atoms with Crippen molar-refractivity contribution in [2.24, 2.45) is 0 Å². The van der Waals surface area contributed by atoms with Crippen LogP contribution in [0.2, 0.25) is 0 Å². The minimum absolute atomic E-state index is 0.123. The number of hydrogen-bond donors (Lipinski definition) is 6. The van der Waals surface area contributed by atoms with Crippen LogP contribution in [0.15, 0.2) is 124 Å². The highest BCUT2D eigenvalue weighted by molar-refractivity contribution is 7.86. The Morgan fingerprint density at radius 1 is 0.673 bits per heavy atom. The van der Waals surface area contributed by atoms with Gasteiger partial charge in [0.1, 0.15) is 23.6 Å². The van der Waals surface area contributed by atoms with Crippen LogP contribution in [0.5, 0.6) is 11.5 Å². The molecule has 5 aromatic carbocycles. The van der Waals surface area contributed by atoms with Gasteiger partial charge in [-0.25, -0.2) is 15.6 Å². The van der Waals surface area contributed by atoms with E-state index in [9.17, 15) is 40.9 Å². The van der Waals surface area contributed by atoms with Crippen molar-refractivity contribution >= 4 is 59.2 Å². The first-order valence-corrected chi connectivity index (χ1v) is 18.8. The third kappa shape index (κ3) is 5.50. The lowest BCUT2D eigenvalue weighted by molar-refractivity contribution is 0.237. The number of benzene rings is 5. The summed E-state index contributed by atoms with van der Waals surface area (Å²) < 4.78 is 70.1. The van der Waals surface area contributed by atoms with Gasteiger partial charge in [-0.15, -0.1) is 0 Å². The highest BCUT2D eigenvalue weighted by atomic mass is 32.2. The van der Waals surface area contributed by atoms with E-state index >= 15 is 0 Å². The standard InChI is InChI=1S/C37H30N4O9S2/c1-19-3-5-23-13-29(19)35(23)40(33-17-27(51(45,46)47)11-21-7-9-25(42)15-31(21)33)38-37(44)39-41(36-24-6-4-20(2)30(36)14-24)34-18-28(52(48,49)50)12-22-8-10-26(43)16-32(22)34/h3-18,35-36,42-43H,1-2H3,(H2,38,39,44)(H,45,46,47)(H,48,49,50). The number of urea groups is 1. The number of hydrazine groups is 2. The molecular formula is C37H30N4O9S2. The van der Waals surface area contributed by atoms with Crippen molar-refractivity contribution in [2.45, 2.75) is 35.7 Å². The minimum atomic E-state index is -4.72. The van der Waals surface area contributed by atoms with Crippen LogP contribution in [-0.4, -0.2) is 48.2 Å². The van der Waals surface area contributed by atoms with Crippen molar-refractivity contribution in [3.05, 3.63) is 131 Å². The maximum absolute atomic E-state index is 14.4. The molecule has 0 saturated carbocycles. The van der Waals surface area contributed by atoms with E-state index in [-0.39, 0.29) is 22.9 Å². The average Bonchev–Trinajstić information content (AvgIpc) is 3.05. The molecule has 4 aliphatic carbocycles. The second-order valence-electron chi connectivity index (χ2n) is 13.0. The number of carbonyl (C=O) groups is 1. The number of rotatable bonds is 8. The molecule has 52 heavy (non-hydrogen) atoms. The Hall–Kier alpha value is -5.87. The molecule has 264 valence electrons. The number of anilines is 2. The lowest BCUT2D eigenvalue weighted by Gasteiger charge is -2.44. The van der Waals surface area contributed by atoms with Crippen LogP contribution in [0.4, 0.5) is 16.2 Å². The van der Waals surface area contributed by atoms with Gasteiger partial charge in [0, 0.05) is 10.8 Å². The van der Waals surface area contributed by atoms with Gasteiger partial charge in [-0.05, 0) is 107 Å². The smallest absolute Gasteiger partial charge is 0.352 e. The van der Waals surface area contributed by atoms with Gasteiger partial charge in [-0.1, -0.05) is 48.6 Å². The fraction of sp³-hybridized carbons (Fsp3) is 0.108. The monoisotopic (exact) mass is 738 g/mol. The molecule has 6 N–H and O–H groups in total. The van der Waals surface area contributed by atoms with Crippen LogP contribution < -0.4 is 20.9 Å². The number of nitrogens with one attached hydrogen (secondary N) is 2. The topological polar surface area (TPSA) is 197 Å². The van der Waals surface area contributed by atoms with Crippen LogP contribution in [0.3, 0.4) is 0 Å². The van der Waals surface area contributed by atoms with Gasteiger partial charge >= 0.3 is 6.03 Å². The van der Waals surface area contributed by atoms with Crippen LogP contribution in [0, 0.1) is 6.92 Å². The van der Waals surface area contributed by atoms with E-state index in [0.29, 0.717) is 21.5 Å². The molecule has 13 nitrogen and oxygen atoms in total. The van der Waals surface area contributed by atoms with Crippen molar-refractivity contribution in [3.63, 3.8) is 0 Å². The zero-order valence-electron chi connectivity index (χ0n) is 27.4. The van der Waals surface area contributed by atoms with Crippen LogP contribution in [0.25, 0.3) is 21.5 Å². The number of nitrogens with zero attached hydrogens (tertiary/aromatic N) is 2. The van der Waals surface area contributed by atoms with Crippen molar-refractivity contribution in [1.29, 1.82) is 0 Å². The first-order valence-electron chi connectivity index (χ1n) is 15.9. The number of phenols is 2. The molecule has 0 spiro atoms. The number of phenolic OH excluding ortho intramolecular Hbond substituents is 2. The van der Waals surface area contributed by atoms with E-state index in [1.165, 1.54) is 70.7 Å². The Morgan fingerprint density at radius 2 is 1.21 bits per heavy atom. The third-order valence-corrected chi connectivity index (χ3v) is 11.3. The number of carbonyl (C=O) groups excluding carboxylic acids is 1. The second kappa shape index (κ2) is 11.6. The van der Waals surface area contributed by atoms with E-state index < -0.39 is 48.1 Å². The zero-order chi connectivity index (χ0) is 36.9. The summed E-state index contributed by atoms with van der Waals surface area (Å²) in [5.41, 5.74) is 11.0. The van der Waals surface area contributed by atoms with Crippen LogP contribution >= 0.6 is 0 Å². The SMILES string of the molecule is CC1=CC=C2C=C1C2N(NC(=O)NN(c1cc(S(=O)(=O)O)cc2ccc(O)cc12)C1c2ccc(C)c1c2)c1cc(S(=O)(=O)O)cc2ccc(O)cc12. The molecule has 9 rings (SSSR count). The highest BCUT2D eigenvalue weighted by Crippen LogP contribution is 2.45. The number of hydrogen-bond acceptors (Lipinski definition) is 9. The van der Waals surface area contributed by atoms with E-state index in [2.05, 4.69) is 10.9 Å². The number of aromatic hydroxyl groups is 2. The number of aryl methyl sites for hydroxylation is 1. The number of amides is 2. The summed E-state index contributed by atoms with van der Waals surface area (Å²) in [5.74, 6) is -0.245. The molecule has 15 heteroatoms. The Balaban J connectivity index is 1.27. The lowest BCUT2D eigenvalue weighted by Crippen LogP contribution is -2.59. The lowest BCUT2D eigenvalue weighted by atomic mass is 9.77. The summed E-state index contributed by atoms with van der Waals surface area (Å²) in [6.45, 7) is 3.78. The molecule has 0 aromatic heterocycles. The average molecular weight is 739 g/mol. The summed E-state index contributed by atoms with van der Waals surface area (Å²) in [6.07, 6.45) is 5.70. The molecule has 5 aromatic rings. The van der Waals surface area contributed by atoms with E-state index in [1.54, 1.807) is 0 Å². The van der Waals surface area contributed by atoms with Crippen molar-refractivity contribution in [1.82, 2.24) is 10.9 Å². The summed E-state index contributed by atoms with van der Waals surface area (Å²) in [7, 11) is -9.45. The molecule has 0 aliphatic heterocycles. The largest absolute Gasteiger partial charge is 0.508 e. The molecule has 4 bridgehead atoms. The number of fused-ring (bicyclic) bond motifs is 6. The molecule has 0 heterocycles. The zero-order valence-corrected chi connectivity index (χ0v) is 29.1. The van der Waals surface area contributed by atoms with E-state index in [1.807, 2.05) is 50.3 Å². The molecule has 0 fully saturated rings. The van der Waals surface area contributed by atoms with Crippen molar-refractivity contribution in [2.75, 3.05) is 10.0 Å². The molecule has 2 amide bonds. The van der Waals surface area contributed by atoms with Crippen molar-refractivity contribution < 1.29 is 40.9 Å². The van der Waals surface area contributed by atoms with Gasteiger partial charge in [0.15, 0.2) is 0 Å². The van der Waals surface area contributed by atoms with Gasteiger partial charge < -0.3 is 10.2 Å². The molecular weight excluding hydrogens is 709 g/mol. The van der Waals surface area contributed by atoms with E-state index in [4.69, 9.17) is 0 Å². The third-order valence-electron chi connectivity index (χ3n) is 9.68. The van der Waals surface area contributed by atoms with Gasteiger partial charge in [-0.3, -0.25) is 19.1 Å². The summed E-state index contributed by atoms with van der Waals surface area (Å²) in [5, 5.41) is 25.3. The Kier molecular flexibility index (Phi) is 7.41. The molecule has 2 unspecified atom stereocenters. The second-order valence-corrected chi connectivity index (χ2v) is 15.8. The van der Waals surface area contributed by atoms with Crippen LogP contribution in [-0.2, 0) is 20.2 Å². The van der Waals surface area contributed by atoms with Gasteiger partial charge in [0.25, 0.3) is 20.2 Å². The Bertz CT molecular complexity index is 2730. The minimum Gasteiger partial charge on any atom is -0.508 e. The molecule has 0 saturated heterocycles. The highest BCUT2D eigenvalue weighted by Gasteiger charge is 2.39. The number of allylic oxidation sites excluding steroid dienone is 2. The van der Waals surface area contributed by atoms with Gasteiger partial charge in [-0.2, -0.15) is 16.8 Å². The van der Waals surface area contributed by atoms with Gasteiger partial charge in [0.05, 0.1) is 21.2 Å². The van der Waals surface area contributed by atoms with E-state index in [0.717, 1.165) is 33.4 Å². The quantitative estimate of drug-likeness (QED) is 0.0814. The van der Waals surface area contributed by atoms with Crippen LogP contribution in [0.1, 0.15) is 29.7 Å². The maximum atomic E-state index is 14.4. The summed E-state index contributed by atoms with van der Waals surface area (Å²) in [6, 6.07) is 17.1. The first-order chi connectivity index (χ1) is 24.6. The molecule has 0 radical (unpaired) electrons.